The summed E-state index contributed by atoms with van der Waals surface area (Å²) >= 11 is 1.28. The van der Waals surface area contributed by atoms with E-state index in [9.17, 15) is 14.7 Å². The van der Waals surface area contributed by atoms with Gasteiger partial charge in [-0.3, -0.25) is 4.79 Å². The fourth-order valence-electron chi connectivity index (χ4n) is 2.74. The Balaban J connectivity index is 1.88. The van der Waals surface area contributed by atoms with E-state index in [-0.39, 0.29) is 24.8 Å². The lowest BCUT2D eigenvalue weighted by atomic mass is 10.0. The summed E-state index contributed by atoms with van der Waals surface area (Å²) in [4.78, 5) is 25.0. The van der Waals surface area contributed by atoms with E-state index in [1.165, 1.54) is 23.6 Å². The number of benzene rings is 1. The van der Waals surface area contributed by atoms with Crippen LogP contribution in [0.2, 0.25) is 0 Å². The van der Waals surface area contributed by atoms with Crippen LogP contribution in [0.1, 0.15) is 22.8 Å². The third-order valence-corrected chi connectivity index (χ3v) is 4.95. The summed E-state index contributed by atoms with van der Waals surface area (Å²) in [6.45, 7) is 3.99. The van der Waals surface area contributed by atoms with E-state index in [1.807, 2.05) is 36.6 Å². The number of carbonyl (C=O) groups is 2. The maximum Gasteiger partial charge on any atom is 0.341 e. The summed E-state index contributed by atoms with van der Waals surface area (Å²) in [5.41, 5.74) is 3.08. The predicted octanol–water partition coefficient (Wildman–Crippen LogP) is 3.53. The van der Waals surface area contributed by atoms with Crippen LogP contribution in [0, 0.1) is 6.92 Å². The number of esters is 1. The molecule has 0 spiro atoms. The largest absolute Gasteiger partial charge is 0.503 e. The zero-order chi connectivity index (χ0) is 20.1. The number of amides is 1. The molecule has 2 heterocycles. The molecule has 2 aromatic heterocycles. The quantitative estimate of drug-likeness (QED) is 0.493. The summed E-state index contributed by atoms with van der Waals surface area (Å²) in [6.07, 6.45) is 3.13. The molecule has 6 nitrogen and oxygen atoms in total. The van der Waals surface area contributed by atoms with Crippen molar-refractivity contribution in [3.05, 3.63) is 65.3 Å². The fraction of sp³-hybridized carbons (Fsp3) is 0.190. The van der Waals surface area contributed by atoms with E-state index in [4.69, 9.17) is 4.74 Å². The average Bonchev–Trinajstić information content (AvgIpc) is 3.06. The Morgan fingerprint density at radius 3 is 2.64 bits per heavy atom. The number of aromatic hydroxyl groups is 1. The van der Waals surface area contributed by atoms with E-state index >= 15 is 0 Å². The van der Waals surface area contributed by atoms with Gasteiger partial charge < -0.3 is 15.2 Å². The monoisotopic (exact) mass is 397 g/mol. The highest BCUT2D eigenvalue weighted by Crippen LogP contribution is 2.36. The highest BCUT2D eigenvalue weighted by molar-refractivity contribution is 7.15. The number of pyridine rings is 1. The van der Waals surface area contributed by atoms with Crippen LogP contribution in [0.3, 0.4) is 0 Å². The number of hydrogen-bond acceptors (Lipinski definition) is 5. The minimum atomic E-state index is -0.473. The lowest BCUT2D eigenvalue weighted by Crippen LogP contribution is -2.39. The number of nitrogens with one attached hydrogen (secondary N) is 1. The van der Waals surface area contributed by atoms with Gasteiger partial charge in [-0.2, -0.15) is 4.57 Å². The summed E-state index contributed by atoms with van der Waals surface area (Å²) in [5, 5.41) is 14.6. The molecule has 3 rings (SSSR count). The van der Waals surface area contributed by atoms with E-state index in [1.54, 1.807) is 23.8 Å². The highest BCUT2D eigenvalue weighted by atomic mass is 32.1. The molecule has 0 radical (unpaired) electrons. The van der Waals surface area contributed by atoms with Gasteiger partial charge in [0.2, 0.25) is 12.7 Å². The van der Waals surface area contributed by atoms with Gasteiger partial charge in [-0.25, -0.2) is 4.79 Å². The Morgan fingerprint density at radius 2 is 1.96 bits per heavy atom. The van der Waals surface area contributed by atoms with Crippen molar-refractivity contribution in [3.63, 3.8) is 0 Å². The maximum absolute atomic E-state index is 12.6. The second-order valence-electron chi connectivity index (χ2n) is 6.22. The van der Waals surface area contributed by atoms with Gasteiger partial charge in [0.1, 0.15) is 10.6 Å². The van der Waals surface area contributed by atoms with Crippen molar-refractivity contribution in [2.75, 3.05) is 11.9 Å². The van der Waals surface area contributed by atoms with Crippen LogP contribution in [-0.2, 0) is 16.1 Å². The van der Waals surface area contributed by atoms with Crippen LogP contribution in [0.4, 0.5) is 5.00 Å². The smallest absolute Gasteiger partial charge is 0.341 e. The lowest BCUT2D eigenvalue weighted by molar-refractivity contribution is -0.684. The molecular weight excluding hydrogens is 376 g/mol. The normalized spacial score (nSPS) is 10.5. The topological polar surface area (TPSA) is 79.5 Å². The predicted molar refractivity (Wildman–Crippen MR) is 107 cm³/mol. The Bertz CT molecular complexity index is 996. The molecule has 0 atom stereocenters. The first-order chi connectivity index (χ1) is 13.5. The van der Waals surface area contributed by atoms with Crippen molar-refractivity contribution in [2.45, 2.75) is 20.4 Å². The van der Waals surface area contributed by atoms with Crippen LogP contribution in [0.15, 0.2) is 54.2 Å². The van der Waals surface area contributed by atoms with Crippen LogP contribution in [-0.4, -0.2) is 23.6 Å². The van der Waals surface area contributed by atoms with Crippen molar-refractivity contribution < 1.29 is 24.0 Å². The molecule has 1 aromatic carbocycles. The highest BCUT2D eigenvalue weighted by Gasteiger charge is 2.23. The SMILES string of the molecule is CCOC(=O)c1c(-c2ccc(C)cc2)csc1NC(=O)C[n+]1cccc(O)c1. The van der Waals surface area contributed by atoms with E-state index < -0.39 is 5.97 Å². The molecule has 7 heteroatoms. The first-order valence-electron chi connectivity index (χ1n) is 8.81. The molecule has 1 amide bonds. The molecule has 3 aromatic rings. The van der Waals surface area contributed by atoms with Crippen molar-refractivity contribution in [2.24, 2.45) is 0 Å². The second kappa shape index (κ2) is 8.67. The van der Waals surface area contributed by atoms with Crippen molar-refractivity contribution in [1.82, 2.24) is 0 Å². The molecule has 0 saturated carbocycles. The second-order valence-corrected chi connectivity index (χ2v) is 7.10. The van der Waals surface area contributed by atoms with Crippen LogP contribution < -0.4 is 9.88 Å². The molecule has 144 valence electrons. The standard InChI is InChI=1S/C21H20N2O4S/c1-3-27-21(26)19-17(15-8-6-14(2)7-9-15)13-28-20(19)22-18(25)12-23-10-4-5-16(24)11-23/h4-11,13H,3,12H2,1-2H3,(H-,22,24,25,26)/p+1. The van der Waals surface area contributed by atoms with Gasteiger partial charge in [-0.1, -0.05) is 29.8 Å². The van der Waals surface area contributed by atoms with Crippen molar-refractivity contribution in [3.8, 4) is 16.9 Å². The van der Waals surface area contributed by atoms with Gasteiger partial charge >= 0.3 is 5.97 Å². The van der Waals surface area contributed by atoms with Gasteiger partial charge in [0.25, 0.3) is 5.91 Å². The first kappa shape index (κ1) is 19.6. The molecule has 0 fully saturated rings. The summed E-state index contributed by atoms with van der Waals surface area (Å²) in [6, 6.07) is 11.0. The maximum atomic E-state index is 12.6. The minimum Gasteiger partial charge on any atom is -0.503 e. The van der Waals surface area contributed by atoms with Gasteiger partial charge in [0.15, 0.2) is 11.9 Å². The number of thiophene rings is 1. The van der Waals surface area contributed by atoms with Crippen LogP contribution >= 0.6 is 11.3 Å². The van der Waals surface area contributed by atoms with Gasteiger partial charge in [-0.15, -0.1) is 11.3 Å². The van der Waals surface area contributed by atoms with Crippen LogP contribution in [0.5, 0.6) is 5.75 Å². The van der Waals surface area contributed by atoms with Crippen molar-refractivity contribution in [1.29, 1.82) is 0 Å². The Hall–Kier alpha value is -3.19. The molecule has 2 N–H and O–H groups in total. The third kappa shape index (κ3) is 4.55. The first-order valence-corrected chi connectivity index (χ1v) is 9.69. The number of hydrogen-bond donors (Lipinski definition) is 2. The van der Waals surface area contributed by atoms with E-state index in [0.717, 1.165) is 16.7 Å². The summed E-state index contributed by atoms with van der Waals surface area (Å²) < 4.78 is 6.77. The lowest BCUT2D eigenvalue weighted by Gasteiger charge is -2.08. The molecule has 0 unspecified atom stereocenters. The fourth-order valence-corrected chi connectivity index (χ4v) is 3.71. The number of aryl methyl sites for hydroxylation is 1. The zero-order valence-corrected chi connectivity index (χ0v) is 16.5. The number of aromatic nitrogens is 1. The molecule has 0 aliphatic carbocycles. The number of anilines is 1. The van der Waals surface area contributed by atoms with Gasteiger partial charge in [-0.05, 0) is 25.5 Å². The Labute approximate surface area is 167 Å². The molecule has 28 heavy (non-hydrogen) atoms. The number of rotatable bonds is 6. The van der Waals surface area contributed by atoms with E-state index in [0.29, 0.717) is 10.6 Å². The molecule has 0 saturated heterocycles. The zero-order valence-electron chi connectivity index (χ0n) is 15.6. The Kier molecular flexibility index (Phi) is 6.06. The van der Waals surface area contributed by atoms with Crippen LogP contribution in [0.25, 0.3) is 11.1 Å². The number of ether oxygens (including phenoxy) is 1. The number of carbonyl (C=O) groups excluding carboxylic acids is 2. The summed E-state index contributed by atoms with van der Waals surface area (Å²) in [7, 11) is 0. The molecule has 0 aliphatic rings. The third-order valence-electron chi connectivity index (χ3n) is 4.05. The minimum absolute atomic E-state index is 0.00836. The van der Waals surface area contributed by atoms with E-state index in [2.05, 4.69) is 5.32 Å². The molecule has 0 bridgehead atoms. The molecule has 0 aliphatic heterocycles. The van der Waals surface area contributed by atoms with Gasteiger partial charge in [0, 0.05) is 17.0 Å². The molecular formula is C21H21N2O4S+. The number of nitrogens with zero attached hydrogens (tertiary/aromatic N) is 1. The summed E-state index contributed by atoms with van der Waals surface area (Å²) in [5.74, 6) is -0.710. The van der Waals surface area contributed by atoms with Gasteiger partial charge in [0.05, 0.1) is 6.61 Å². The average molecular weight is 397 g/mol. The van der Waals surface area contributed by atoms with Crippen molar-refractivity contribution >= 4 is 28.2 Å². The Morgan fingerprint density at radius 1 is 1.21 bits per heavy atom.